The standard InChI is InChI=1S/C39H46N2O8S4/c1-6-7-9-12-35(41(52(46,47)38-26-18-33(4)19-27-38)53(48,49)39-28-20-34(5)21-29-39)13-10-8-11-30-40(50(42,43)36-22-14-31(2)15-23-36)51(44,45)37-24-16-32(3)17-25-37/h8,10-11,13-29,35H,6-7,9,12,30H2,1-5H3/b11-8+,13-10+. The van der Waals surface area contributed by atoms with Gasteiger partial charge in [0.15, 0.2) is 0 Å². The minimum absolute atomic E-state index is 0.157. The fourth-order valence-electron chi connectivity index (χ4n) is 5.39. The number of sulfonamides is 4. The Morgan fingerprint density at radius 2 is 0.830 bits per heavy atom. The van der Waals surface area contributed by atoms with E-state index in [0.717, 1.165) is 28.7 Å². The number of unbranched alkanes of at least 4 members (excludes halogenated alkanes) is 2. The molecule has 0 aliphatic heterocycles. The molecule has 14 heteroatoms. The molecule has 0 amide bonds. The van der Waals surface area contributed by atoms with Gasteiger partial charge in [-0.1, -0.05) is 129 Å². The predicted molar refractivity (Wildman–Crippen MR) is 208 cm³/mol. The van der Waals surface area contributed by atoms with Crippen LogP contribution in [0.4, 0.5) is 0 Å². The van der Waals surface area contributed by atoms with E-state index in [0.29, 0.717) is 20.3 Å². The number of allylic oxidation sites excluding steroid dienone is 2. The van der Waals surface area contributed by atoms with Crippen LogP contribution in [-0.2, 0) is 40.1 Å². The van der Waals surface area contributed by atoms with Crippen molar-refractivity contribution in [3.05, 3.63) is 144 Å². The van der Waals surface area contributed by atoms with Gasteiger partial charge in [0.1, 0.15) is 0 Å². The minimum atomic E-state index is -4.63. The Morgan fingerprint density at radius 1 is 0.491 bits per heavy atom. The van der Waals surface area contributed by atoms with Crippen molar-refractivity contribution >= 4 is 40.1 Å². The van der Waals surface area contributed by atoms with Crippen LogP contribution in [0.1, 0.15) is 54.9 Å². The van der Waals surface area contributed by atoms with Crippen molar-refractivity contribution in [2.24, 2.45) is 0 Å². The molecule has 0 fully saturated rings. The molecule has 0 aliphatic carbocycles. The molecule has 4 rings (SSSR count). The van der Waals surface area contributed by atoms with Gasteiger partial charge in [-0.05, 0) is 82.6 Å². The maximum Gasteiger partial charge on any atom is 0.256 e. The summed E-state index contributed by atoms with van der Waals surface area (Å²) in [4.78, 5) is -0.808. The zero-order valence-corrected chi connectivity index (χ0v) is 33.7. The monoisotopic (exact) mass is 798 g/mol. The first kappa shape index (κ1) is 41.8. The lowest BCUT2D eigenvalue weighted by molar-refractivity contribution is 0.435. The highest BCUT2D eigenvalue weighted by atomic mass is 32.3. The molecule has 1 unspecified atom stereocenters. The van der Waals surface area contributed by atoms with Gasteiger partial charge in [0.25, 0.3) is 40.1 Å². The predicted octanol–water partition coefficient (Wildman–Crippen LogP) is 7.44. The summed E-state index contributed by atoms with van der Waals surface area (Å²) in [6.45, 7) is 8.52. The Hall–Kier alpha value is -3.92. The van der Waals surface area contributed by atoms with E-state index in [9.17, 15) is 33.7 Å². The first-order valence-electron chi connectivity index (χ1n) is 17.1. The lowest BCUT2D eigenvalue weighted by Gasteiger charge is -2.28. The quantitative estimate of drug-likeness (QED) is 0.0793. The molecule has 4 aromatic carbocycles. The molecule has 0 saturated heterocycles. The largest absolute Gasteiger partial charge is 0.256 e. The first-order valence-corrected chi connectivity index (χ1v) is 22.9. The van der Waals surface area contributed by atoms with E-state index in [2.05, 4.69) is 0 Å². The number of benzene rings is 4. The van der Waals surface area contributed by atoms with E-state index < -0.39 is 52.7 Å². The number of aryl methyl sites for hydroxylation is 4. The van der Waals surface area contributed by atoms with Crippen LogP contribution in [0.5, 0.6) is 0 Å². The smallest absolute Gasteiger partial charge is 0.206 e. The third-order valence-electron chi connectivity index (χ3n) is 8.49. The topological polar surface area (TPSA) is 143 Å². The Kier molecular flexibility index (Phi) is 13.8. The van der Waals surface area contributed by atoms with E-state index in [1.54, 1.807) is 76.2 Å². The summed E-state index contributed by atoms with van der Waals surface area (Å²) >= 11 is 0. The van der Waals surface area contributed by atoms with Crippen molar-refractivity contribution in [2.75, 3.05) is 6.54 Å². The van der Waals surface area contributed by atoms with Crippen LogP contribution in [0.15, 0.2) is 141 Å². The van der Waals surface area contributed by atoms with Crippen molar-refractivity contribution in [2.45, 2.75) is 85.9 Å². The molecular formula is C39H46N2O8S4. The lowest BCUT2D eigenvalue weighted by atomic mass is 10.1. The van der Waals surface area contributed by atoms with E-state index in [1.165, 1.54) is 72.8 Å². The van der Waals surface area contributed by atoms with Gasteiger partial charge in [-0.15, -0.1) is 0 Å². The Morgan fingerprint density at radius 3 is 1.17 bits per heavy atom. The number of nitrogens with zero attached hydrogens (tertiary/aromatic N) is 2. The molecule has 0 radical (unpaired) electrons. The summed E-state index contributed by atoms with van der Waals surface area (Å²) in [5, 5.41) is 0. The summed E-state index contributed by atoms with van der Waals surface area (Å²) in [5.41, 5.74) is 3.17. The third-order valence-corrected chi connectivity index (χ3v) is 17.2. The summed E-state index contributed by atoms with van der Waals surface area (Å²) in [6, 6.07) is 22.3. The van der Waals surface area contributed by atoms with Gasteiger partial charge in [0, 0.05) is 6.54 Å². The average molecular weight is 799 g/mol. The van der Waals surface area contributed by atoms with Crippen LogP contribution in [0.2, 0.25) is 0 Å². The molecule has 0 bridgehead atoms. The molecule has 0 N–H and O–H groups in total. The average Bonchev–Trinajstić information content (AvgIpc) is 3.10. The van der Waals surface area contributed by atoms with E-state index in [4.69, 9.17) is 0 Å². The summed E-state index contributed by atoms with van der Waals surface area (Å²) in [6.07, 6.45) is 7.71. The summed E-state index contributed by atoms with van der Waals surface area (Å²) in [5.74, 6) is 0. The fourth-order valence-corrected chi connectivity index (χ4v) is 12.9. The van der Waals surface area contributed by atoms with Crippen LogP contribution < -0.4 is 0 Å². The SMILES string of the molecule is CCCCCC(/C=C/C=C/CN(S(=O)(=O)c1ccc(C)cc1)S(=O)(=O)c1ccc(C)cc1)N(S(=O)(=O)c1ccc(C)cc1)S(=O)(=O)c1ccc(C)cc1. The molecule has 1 atom stereocenters. The Labute approximate surface area is 315 Å². The molecule has 4 aromatic rings. The minimum Gasteiger partial charge on any atom is -0.206 e. The molecule has 0 aliphatic rings. The zero-order valence-electron chi connectivity index (χ0n) is 30.5. The van der Waals surface area contributed by atoms with Crippen molar-refractivity contribution in [1.29, 1.82) is 0 Å². The highest BCUT2D eigenvalue weighted by molar-refractivity contribution is 8.04. The number of hydrogen-bond donors (Lipinski definition) is 0. The van der Waals surface area contributed by atoms with Crippen LogP contribution in [0, 0.1) is 27.7 Å². The normalized spacial score (nSPS) is 13.7. The van der Waals surface area contributed by atoms with Gasteiger partial charge < -0.3 is 0 Å². The van der Waals surface area contributed by atoms with Gasteiger partial charge in [-0.3, -0.25) is 0 Å². The Balaban J connectivity index is 1.78. The maximum atomic E-state index is 14.3. The van der Waals surface area contributed by atoms with E-state index in [1.807, 2.05) is 6.92 Å². The van der Waals surface area contributed by atoms with Gasteiger partial charge in [-0.2, -0.15) is 0 Å². The fraction of sp³-hybridized carbons (Fsp3) is 0.282. The van der Waals surface area contributed by atoms with Crippen molar-refractivity contribution in [3.8, 4) is 0 Å². The Bertz CT molecular complexity index is 2200. The van der Waals surface area contributed by atoms with Crippen LogP contribution in [0.25, 0.3) is 0 Å². The highest BCUT2D eigenvalue weighted by Gasteiger charge is 2.41. The third kappa shape index (κ3) is 9.99. The van der Waals surface area contributed by atoms with Gasteiger partial charge in [-0.25, -0.2) is 33.7 Å². The zero-order chi connectivity index (χ0) is 39.0. The number of rotatable bonds is 17. The van der Waals surface area contributed by atoms with Gasteiger partial charge >= 0.3 is 0 Å². The molecule has 0 spiro atoms. The molecule has 10 nitrogen and oxygen atoms in total. The van der Waals surface area contributed by atoms with Crippen LogP contribution >= 0.6 is 0 Å². The molecule has 284 valence electrons. The van der Waals surface area contributed by atoms with Crippen LogP contribution in [-0.4, -0.2) is 53.7 Å². The van der Waals surface area contributed by atoms with Crippen molar-refractivity contribution < 1.29 is 33.7 Å². The van der Waals surface area contributed by atoms with E-state index in [-0.39, 0.29) is 26.0 Å². The molecule has 53 heavy (non-hydrogen) atoms. The van der Waals surface area contributed by atoms with Crippen LogP contribution in [0.3, 0.4) is 0 Å². The number of hydrogen-bond acceptors (Lipinski definition) is 8. The second-order valence-electron chi connectivity index (χ2n) is 12.8. The molecular weight excluding hydrogens is 753 g/mol. The summed E-state index contributed by atoms with van der Waals surface area (Å²) < 4.78 is 113. The first-order chi connectivity index (χ1) is 24.9. The molecule has 0 aromatic heterocycles. The van der Waals surface area contributed by atoms with Gasteiger partial charge in [0.05, 0.1) is 25.6 Å². The van der Waals surface area contributed by atoms with E-state index >= 15 is 0 Å². The lowest BCUT2D eigenvalue weighted by Crippen LogP contribution is -2.43. The second-order valence-corrected chi connectivity index (χ2v) is 20.6. The molecule has 0 saturated carbocycles. The maximum absolute atomic E-state index is 14.3. The summed E-state index contributed by atoms with van der Waals surface area (Å²) in [7, 11) is -18.4. The van der Waals surface area contributed by atoms with Crippen molar-refractivity contribution in [3.63, 3.8) is 0 Å². The highest BCUT2D eigenvalue weighted by Crippen LogP contribution is 2.31. The van der Waals surface area contributed by atoms with Crippen molar-refractivity contribution in [1.82, 2.24) is 7.42 Å². The second kappa shape index (κ2) is 17.5. The van der Waals surface area contributed by atoms with Gasteiger partial charge in [0.2, 0.25) is 0 Å². The molecule has 0 heterocycles.